The lowest BCUT2D eigenvalue weighted by Gasteiger charge is -2.24. The summed E-state index contributed by atoms with van der Waals surface area (Å²) in [5.41, 5.74) is 1.31. The molecule has 28 heavy (non-hydrogen) atoms. The maximum absolute atomic E-state index is 12.9. The van der Waals surface area contributed by atoms with Gasteiger partial charge in [0.1, 0.15) is 6.04 Å². The number of carbonyl (C=O) groups is 3. The number of nitrogens with zero attached hydrogens (tertiary/aromatic N) is 1. The largest absolute Gasteiger partial charge is 0.347 e. The van der Waals surface area contributed by atoms with Crippen LogP contribution in [0, 0.1) is 0 Å². The summed E-state index contributed by atoms with van der Waals surface area (Å²) in [6.07, 6.45) is 2.62. The zero-order valence-corrected chi connectivity index (χ0v) is 16.5. The predicted octanol–water partition coefficient (Wildman–Crippen LogP) is 2.79. The minimum Gasteiger partial charge on any atom is -0.347 e. The van der Waals surface area contributed by atoms with Crippen molar-refractivity contribution >= 4 is 29.1 Å². The fourth-order valence-corrected chi connectivity index (χ4v) is 4.57. The van der Waals surface area contributed by atoms with Crippen LogP contribution in [0.15, 0.2) is 41.8 Å². The molecule has 0 radical (unpaired) electrons. The molecule has 2 aliphatic rings. The van der Waals surface area contributed by atoms with E-state index >= 15 is 0 Å². The first-order valence-corrected chi connectivity index (χ1v) is 10.5. The molecule has 2 unspecified atom stereocenters. The Labute approximate surface area is 167 Å². The Kier molecular flexibility index (Phi) is 5.17. The Morgan fingerprint density at radius 2 is 2.00 bits per heavy atom. The van der Waals surface area contributed by atoms with Crippen LogP contribution in [0.1, 0.15) is 59.1 Å². The van der Waals surface area contributed by atoms with Crippen molar-refractivity contribution in [2.45, 2.75) is 44.3 Å². The van der Waals surface area contributed by atoms with Crippen molar-refractivity contribution < 1.29 is 14.4 Å². The Bertz CT molecular complexity index is 892. The molecule has 4 rings (SSSR count). The van der Waals surface area contributed by atoms with Crippen LogP contribution in [0.3, 0.4) is 0 Å². The number of nitrogens with one attached hydrogen (secondary N) is 2. The van der Waals surface area contributed by atoms with Crippen LogP contribution in [0.2, 0.25) is 0 Å². The fourth-order valence-electron chi connectivity index (χ4n) is 3.71. The van der Waals surface area contributed by atoms with Gasteiger partial charge in [-0.05, 0) is 42.3 Å². The van der Waals surface area contributed by atoms with Crippen LogP contribution in [-0.4, -0.2) is 35.2 Å². The van der Waals surface area contributed by atoms with Crippen LogP contribution in [0.4, 0.5) is 0 Å². The Hall–Kier alpha value is -2.67. The molecule has 0 bridgehead atoms. The lowest BCUT2D eigenvalue weighted by molar-refractivity contribution is -0.129. The van der Waals surface area contributed by atoms with Crippen LogP contribution in [0.25, 0.3) is 0 Å². The number of thiophene rings is 1. The van der Waals surface area contributed by atoms with Gasteiger partial charge in [0.15, 0.2) is 0 Å². The second-order valence-electron chi connectivity index (χ2n) is 7.19. The molecule has 1 aliphatic heterocycles. The quantitative estimate of drug-likeness (QED) is 0.754. The zero-order chi connectivity index (χ0) is 19.7. The highest BCUT2D eigenvalue weighted by molar-refractivity contribution is 7.10. The molecule has 1 fully saturated rings. The first-order chi connectivity index (χ1) is 13.6. The van der Waals surface area contributed by atoms with Crippen LogP contribution in [-0.2, 0) is 9.59 Å². The molecule has 2 N–H and O–H groups in total. The highest BCUT2D eigenvalue weighted by atomic mass is 32.1. The molecule has 2 heterocycles. The van der Waals surface area contributed by atoms with Crippen molar-refractivity contribution in [3.63, 3.8) is 0 Å². The number of hydrogen-bond donors (Lipinski definition) is 2. The van der Waals surface area contributed by atoms with Crippen LogP contribution in [0.5, 0.6) is 0 Å². The molecule has 0 spiro atoms. The summed E-state index contributed by atoms with van der Waals surface area (Å²) in [7, 11) is 0. The van der Waals surface area contributed by atoms with E-state index in [9.17, 15) is 14.4 Å². The van der Waals surface area contributed by atoms with Crippen molar-refractivity contribution in [2.75, 3.05) is 6.54 Å². The van der Waals surface area contributed by atoms with Gasteiger partial charge in [0.2, 0.25) is 11.8 Å². The summed E-state index contributed by atoms with van der Waals surface area (Å²) in [5.74, 6) is -0.625. The van der Waals surface area contributed by atoms with Crippen molar-refractivity contribution in [1.82, 2.24) is 15.5 Å². The number of fused-ring (bicyclic) bond motifs is 1. The molecule has 1 aromatic heterocycles. The first-order valence-electron chi connectivity index (χ1n) is 9.62. The van der Waals surface area contributed by atoms with Gasteiger partial charge in [-0.1, -0.05) is 31.2 Å². The summed E-state index contributed by atoms with van der Waals surface area (Å²) in [4.78, 5) is 40.8. The highest BCUT2D eigenvalue weighted by Gasteiger charge is 2.47. The molecule has 0 saturated heterocycles. The second-order valence-corrected chi connectivity index (χ2v) is 8.17. The molecule has 2 atom stereocenters. The van der Waals surface area contributed by atoms with Gasteiger partial charge in [-0.15, -0.1) is 11.3 Å². The molecule has 6 nitrogen and oxygen atoms in total. The third-order valence-electron chi connectivity index (χ3n) is 5.24. The lowest BCUT2D eigenvalue weighted by Crippen LogP contribution is -2.44. The van der Waals surface area contributed by atoms with Crippen LogP contribution >= 0.6 is 11.3 Å². The summed E-state index contributed by atoms with van der Waals surface area (Å²) in [5, 5.41) is 7.68. The number of amides is 3. The number of carbonyl (C=O) groups excluding carboxylic acids is 3. The molecule has 1 aliphatic carbocycles. The van der Waals surface area contributed by atoms with Crippen molar-refractivity contribution in [3.8, 4) is 0 Å². The van der Waals surface area contributed by atoms with E-state index in [1.807, 2.05) is 42.6 Å². The van der Waals surface area contributed by atoms with Crippen molar-refractivity contribution in [2.24, 2.45) is 0 Å². The molecule has 3 amide bonds. The van der Waals surface area contributed by atoms with Crippen molar-refractivity contribution in [1.29, 1.82) is 0 Å². The Morgan fingerprint density at radius 3 is 2.68 bits per heavy atom. The summed E-state index contributed by atoms with van der Waals surface area (Å²) >= 11 is 1.60. The van der Waals surface area contributed by atoms with E-state index in [2.05, 4.69) is 10.6 Å². The number of hydrogen-bond acceptors (Lipinski definition) is 4. The molecular weight excluding hydrogens is 374 g/mol. The summed E-state index contributed by atoms with van der Waals surface area (Å²) in [6.45, 7) is 1.91. The SMILES string of the molecule is CCC(NC(=O)CNC(=O)C1c2ccccc2C(=O)N1C1CC1)c1cccs1. The van der Waals surface area contributed by atoms with Crippen molar-refractivity contribution in [3.05, 3.63) is 57.8 Å². The lowest BCUT2D eigenvalue weighted by atomic mass is 10.0. The maximum Gasteiger partial charge on any atom is 0.255 e. The third-order valence-corrected chi connectivity index (χ3v) is 6.23. The number of rotatable bonds is 7. The molecule has 1 saturated carbocycles. The maximum atomic E-state index is 12.9. The van der Waals surface area contributed by atoms with Crippen LogP contribution < -0.4 is 10.6 Å². The van der Waals surface area contributed by atoms with E-state index in [4.69, 9.17) is 0 Å². The topological polar surface area (TPSA) is 78.5 Å². The normalized spacial score (nSPS) is 19.2. The van der Waals surface area contributed by atoms with Gasteiger partial charge < -0.3 is 15.5 Å². The van der Waals surface area contributed by atoms with Gasteiger partial charge >= 0.3 is 0 Å². The standard InChI is InChI=1S/C21H23N3O3S/c1-2-16(17-8-5-11-28-17)23-18(25)12-22-20(26)19-14-6-3-4-7-15(14)21(27)24(19)13-9-10-13/h3-8,11,13,16,19H,2,9-10,12H2,1H3,(H,22,26)(H,23,25). The molecular formula is C21H23N3O3S. The van der Waals surface area contributed by atoms with E-state index in [0.29, 0.717) is 5.56 Å². The van der Waals surface area contributed by atoms with Gasteiger partial charge in [-0.2, -0.15) is 0 Å². The highest BCUT2D eigenvalue weighted by Crippen LogP contribution is 2.41. The average molecular weight is 398 g/mol. The molecule has 2 aromatic rings. The third kappa shape index (κ3) is 3.54. The monoisotopic (exact) mass is 397 g/mol. The van der Waals surface area contributed by atoms with Gasteiger partial charge in [0, 0.05) is 16.5 Å². The second kappa shape index (κ2) is 7.75. The summed E-state index contributed by atoms with van der Waals surface area (Å²) in [6, 6.07) is 10.6. The fraction of sp³-hybridized carbons (Fsp3) is 0.381. The smallest absolute Gasteiger partial charge is 0.255 e. The minimum atomic E-state index is -0.650. The van der Waals surface area contributed by atoms with E-state index in [0.717, 1.165) is 29.7 Å². The zero-order valence-electron chi connectivity index (χ0n) is 15.7. The summed E-state index contributed by atoms with van der Waals surface area (Å²) < 4.78 is 0. The Morgan fingerprint density at radius 1 is 1.21 bits per heavy atom. The van der Waals surface area contributed by atoms with E-state index in [1.54, 1.807) is 22.3 Å². The van der Waals surface area contributed by atoms with Gasteiger partial charge in [-0.3, -0.25) is 14.4 Å². The Balaban J connectivity index is 1.41. The van der Waals surface area contributed by atoms with Gasteiger partial charge in [0.05, 0.1) is 12.6 Å². The van der Waals surface area contributed by atoms with Gasteiger partial charge in [0.25, 0.3) is 5.91 Å². The van der Waals surface area contributed by atoms with E-state index in [-0.39, 0.29) is 36.3 Å². The minimum absolute atomic E-state index is 0.0545. The number of benzene rings is 1. The molecule has 1 aromatic carbocycles. The average Bonchev–Trinajstić information content (AvgIpc) is 3.30. The van der Waals surface area contributed by atoms with E-state index in [1.165, 1.54) is 0 Å². The van der Waals surface area contributed by atoms with Gasteiger partial charge in [-0.25, -0.2) is 0 Å². The predicted molar refractivity (Wildman–Crippen MR) is 107 cm³/mol. The van der Waals surface area contributed by atoms with E-state index < -0.39 is 6.04 Å². The molecule has 146 valence electrons. The first kappa shape index (κ1) is 18.7. The molecule has 7 heteroatoms.